The largest absolute Gasteiger partial charge is 0.316 e. The molecule has 3 fully saturated rings. The van der Waals surface area contributed by atoms with Crippen molar-refractivity contribution in [1.82, 2.24) is 10.2 Å². The first kappa shape index (κ1) is 12.4. The van der Waals surface area contributed by atoms with Crippen LogP contribution in [0.5, 0.6) is 0 Å². The third-order valence-corrected chi connectivity index (χ3v) is 5.27. The van der Waals surface area contributed by atoms with E-state index in [2.05, 4.69) is 16.3 Å². The predicted octanol–water partition coefficient (Wildman–Crippen LogP) is 2.15. The minimum Gasteiger partial charge on any atom is -0.316 e. The molecular formula is C15H25N3. The van der Waals surface area contributed by atoms with Gasteiger partial charge in [0.05, 0.1) is 6.07 Å². The van der Waals surface area contributed by atoms with E-state index in [-0.39, 0.29) is 0 Å². The van der Waals surface area contributed by atoms with E-state index in [9.17, 15) is 0 Å². The van der Waals surface area contributed by atoms with Crippen LogP contribution in [0.15, 0.2) is 0 Å². The Kier molecular flexibility index (Phi) is 3.34. The Balaban J connectivity index is 1.59. The first-order valence-corrected chi connectivity index (χ1v) is 7.56. The summed E-state index contributed by atoms with van der Waals surface area (Å²) in [6.45, 7) is 6.14. The number of nitrogens with zero attached hydrogens (tertiary/aromatic N) is 2. The Morgan fingerprint density at radius 2 is 2.00 bits per heavy atom. The van der Waals surface area contributed by atoms with Crippen molar-refractivity contribution in [3.63, 3.8) is 0 Å². The summed E-state index contributed by atoms with van der Waals surface area (Å²) in [6, 6.07) is 2.39. The summed E-state index contributed by atoms with van der Waals surface area (Å²) in [7, 11) is 0. The Hall–Kier alpha value is -0.590. The van der Waals surface area contributed by atoms with Gasteiger partial charge in [-0.3, -0.25) is 0 Å². The SMILES string of the molecule is N#CCC1(CN2CCCC3(CCCNC3)C2)CC1. The minimum atomic E-state index is 0.384. The third-order valence-electron chi connectivity index (χ3n) is 5.27. The highest BCUT2D eigenvalue weighted by Gasteiger charge is 2.45. The molecule has 3 nitrogen and oxygen atoms in total. The average Bonchev–Trinajstić information content (AvgIpc) is 3.10. The van der Waals surface area contributed by atoms with E-state index in [0.717, 1.165) is 6.42 Å². The Morgan fingerprint density at radius 3 is 2.67 bits per heavy atom. The zero-order valence-electron chi connectivity index (χ0n) is 11.4. The lowest BCUT2D eigenvalue weighted by Gasteiger charge is -2.46. The van der Waals surface area contributed by atoms with Gasteiger partial charge in [-0.1, -0.05) is 0 Å². The van der Waals surface area contributed by atoms with Crippen LogP contribution in [-0.4, -0.2) is 37.6 Å². The van der Waals surface area contributed by atoms with Crippen molar-refractivity contribution < 1.29 is 0 Å². The molecule has 100 valence electrons. The van der Waals surface area contributed by atoms with Gasteiger partial charge in [0.15, 0.2) is 0 Å². The van der Waals surface area contributed by atoms with Gasteiger partial charge in [0.2, 0.25) is 0 Å². The lowest BCUT2D eigenvalue weighted by molar-refractivity contribution is 0.0522. The summed E-state index contributed by atoms with van der Waals surface area (Å²) >= 11 is 0. The van der Waals surface area contributed by atoms with E-state index in [4.69, 9.17) is 5.26 Å². The van der Waals surface area contributed by atoms with Crippen LogP contribution in [0.25, 0.3) is 0 Å². The van der Waals surface area contributed by atoms with Crippen LogP contribution in [0.1, 0.15) is 44.9 Å². The standard InChI is InChI=1S/C15H25N3/c16-8-7-14(5-6-14)12-18-10-2-4-15(13-18)3-1-9-17-11-15/h17H,1-7,9-13H2. The Labute approximate surface area is 111 Å². The average molecular weight is 247 g/mol. The zero-order chi connectivity index (χ0) is 12.5. The Bertz CT molecular complexity index is 329. The molecule has 1 saturated carbocycles. The fourth-order valence-corrected chi connectivity index (χ4v) is 4.03. The summed E-state index contributed by atoms with van der Waals surface area (Å²) < 4.78 is 0. The molecule has 18 heavy (non-hydrogen) atoms. The van der Waals surface area contributed by atoms with Crippen molar-refractivity contribution in [2.24, 2.45) is 10.8 Å². The number of rotatable bonds is 3. The van der Waals surface area contributed by atoms with Crippen LogP contribution in [0.2, 0.25) is 0 Å². The van der Waals surface area contributed by atoms with Crippen molar-refractivity contribution in [1.29, 1.82) is 5.26 Å². The van der Waals surface area contributed by atoms with Crippen LogP contribution in [0.4, 0.5) is 0 Å². The maximum atomic E-state index is 8.94. The molecule has 0 radical (unpaired) electrons. The quantitative estimate of drug-likeness (QED) is 0.830. The van der Waals surface area contributed by atoms with Gasteiger partial charge in [-0.25, -0.2) is 0 Å². The molecule has 1 aliphatic carbocycles. The van der Waals surface area contributed by atoms with E-state index in [1.807, 2.05) is 0 Å². The number of likely N-dealkylation sites (tertiary alicyclic amines) is 1. The number of piperidine rings is 2. The molecule has 3 rings (SSSR count). The van der Waals surface area contributed by atoms with E-state index in [0.29, 0.717) is 10.8 Å². The van der Waals surface area contributed by atoms with Crippen LogP contribution in [0.3, 0.4) is 0 Å². The van der Waals surface area contributed by atoms with Gasteiger partial charge in [-0.15, -0.1) is 0 Å². The van der Waals surface area contributed by atoms with Gasteiger partial charge < -0.3 is 10.2 Å². The van der Waals surface area contributed by atoms with Crippen LogP contribution in [-0.2, 0) is 0 Å². The van der Waals surface area contributed by atoms with Crippen LogP contribution in [0, 0.1) is 22.2 Å². The first-order valence-electron chi connectivity index (χ1n) is 7.56. The van der Waals surface area contributed by atoms with Gasteiger partial charge in [0, 0.05) is 26.1 Å². The van der Waals surface area contributed by atoms with Crippen molar-refractivity contribution in [3.05, 3.63) is 0 Å². The molecule has 3 heteroatoms. The monoisotopic (exact) mass is 247 g/mol. The van der Waals surface area contributed by atoms with Crippen molar-refractivity contribution in [2.75, 3.05) is 32.7 Å². The molecule has 0 amide bonds. The highest BCUT2D eigenvalue weighted by molar-refractivity contribution is 5.02. The molecule has 1 N–H and O–H groups in total. The maximum absolute atomic E-state index is 8.94. The predicted molar refractivity (Wildman–Crippen MR) is 72.1 cm³/mol. The van der Waals surface area contributed by atoms with Gasteiger partial charge in [-0.05, 0) is 62.4 Å². The van der Waals surface area contributed by atoms with Crippen LogP contribution >= 0.6 is 0 Å². The van der Waals surface area contributed by atoms with Gasteiger partial charge in [0.1, 0.15) is 0 Å². The fourth-order valence-electron chi connectivity index (χ4n) is 4.03. The second-order valence-corrected chi connectivity index (χ2v) is 6.93. The molecular weight excluding hydrogens is 222 g/mol. The molecule has 3 aliphatic rings. The van der Waals surface area contributed by atoms with E-state index in [1.54, 1.807) is 0 Å². The van der Waals surface area contributed by atoms with E-state index in [1.165, 1.54) is 71.2 Å². The van der Waals surface area contributed by atoms with Gasteiger partial charge in [0.25, 0.3) is 0 Å². The van der Waals surface area contributed by atoms with Gasteiger partial charge in [-0.2, -0.15) is 5.26 Å². The molecule has 2 aliphatic heterocycles. The Morgan fingerprint density at radius 1 is 1.17 bits per heavy atom. The molecule has 1 spiro atoms. The van der Waals surface area contributed by atoms with Crippen molar-refractivity contribution in [3.8, 4) is 6.07 Å². The highest BCUT2D eigenvalue weighted by atomic mass is 15.2. The fraction of sp³-hybridized carbons (Fsp3) is 0.933. The minimum absolute atomic E-state index is 0.384. The number of nitriles is 1. The molecule has 2 heterocycles. The molecule has 2 saturated heterocycles. The van der Waals surface area contributed by atoms with Crippen molar-refractivity contribution in [2.45, 2.75) is 44.9 Å². The summed E-state index contributed by atoms with van der Waals surface area (Å²) in [6.07, 6.45) is 8.84. The molecule has 1 atom stereocenters. The first-order chi connectivity index (χ1) is 8.76. The smallest absolute Gasteiger partial charge is 0.0628 e. The summed E-state index contributed by atoms with van der Waals surface area (Å²) in [4.78, 5) is 2.67. The van der Waals surface area contributed by atoms with E-state index < -0.39 is 0 Å². The summed E-state index contributed by atoms with van der Waals surface area (Å²) in [5.41, 5.74) is 0.939. The third kappa shape index (κ3) is 2.55. The maximum Gasteiger partial charge on any atom is 0.0628 e. The van der Waals surface area contributed by atoms with E-state index >= 15 is 0 Å². The highest BCUT2D eigenvalue weighted by Crippen LogP contribution is 2.50. The molecule has 0 bridgehead atoms. The summed E-state index contributed by atoms with van der Waals surface area (Å²) in [5, 5.41) is 12.5. The lowest BCUT2D eigenvalue weighted by Crippen LogP contribution is -2.52. The molecule has 0 aromatic heterocycles. The van der Waals surface area contributed by atoms with Crippen LogP contribution < -0.4 is 5.32 Å². The second-order valence-electron chi connectivity index (χ2n) is 6.93. The van der Waals surface area contributed by atoms with Crippen molar-refractivity contribution >= 4 is 0 Å². The lowest BCUT2D eigenvalue weighted by atomic mass is 9.74. The van der Waals surface area contributed by atoms with Gasteiger partial charge >= 0.3 is 0 Å². The number of hydrogen-bond acceptors (Lipinski definition) is 3. The molecule has 1 unspecified atom stereocenters. The summed E-state index contributed by atoms with van der Waals surface area (Å²) in [5.74, 6) is 0. The topological polar surface area (TPSA) is 39.1 Å². The second kappa shape index (κ2) is 4.83. The number of nitrogens with one attached hydrogen (secondary N) is 1. The normalized spacial score (nSPS) is 35.3. The molecule has 0 aromatic carbocycles. The molecule has 0 aromatic rings. The number of hydrogen-bond donors (Lipinski definition) is 1. The zero-order valence-corrected chi connectivity index (χ0v) is 11.4.